The molecule has 1 fully saturated rings. The standard InChI is InChI=1S/C33H44N4O3/c1-6-12-28(34-5)32(40)37(24-19-17-22(18-20-24)33(2,3)4)30(31(39)35-23-13-8-7-9-14-23)26-21-29(38)36-27-16-11-10-15-25(26)27/h10-11,15-21,23,28,30,34H,6-9,12-14H2,1-5H3,(H,35,39)(H,36,38). The molecule has 2 amide bonds. The average molecular weight is 545 g/mol. The molecule has 214 valence electrons. The smallest absolute Gasteiger partial charge is 0.248 e. The lowest BCUT2D eigenvalue weighted by molar-refractivity contribution is -0.128. The van der Waals surface area contributed by atoms with Gasteiger partial charge in [-0.1, -0.05) is 83.7 Å². The summed E-state index contributed by atoms with van der Waals surface area (Å²) in [5, 5.41) is 7.18. The number of carbonyl (C=O) groups is 2. The van der Waals surface area contributed by atoms with E-state index in [0.29, 0.717) is 23.2 Å². The SMILES string of the molecule is CCCC(NC)C(=O)N(c1ccc(C(C)(C)C)cc1)C(C(=O)NC1CCCCC1)c1cc(=O)[nH]c2ccccc12. The topological polar surface area (TPSA) is 94.3 Å². The van der Waals surface area contributed by atoms with Crippen LogP contribution in [0.25, 0.3) is 10.9 Å². The van der Waals surface area contributed by atoms with E-state index in [1.54, 1.807) is 11.9 Å². The van der Waals surface area contributed by atoms with E-state index < -0.39 is 12.1 Å². The van der Waals surface area contributed by atoms with Crippen molar-refractivity contribution in [3.05, 3.63) is 76.1 Å². The number of hydrogen-bond acceptors (Lipinski definition) is 4. The summed E-state index contributed by atoms with van der Waals surface area (Å²) in [6.07, 6.45) is 6.56. The van der Waals surface area contributed by atoms with Gasteiger partial charge in [-0.15, -0.1) is 0 Å². The van der Waals surface area contributed by atoms with Crippen molar-refractivity contribution in [2.24, 2.45) is 0 Å². The van der Waals surface area contributed by atoms with Crippen molar-refractivity contribution >= 4 is 28.4 Å². The monoisotopic (exact) mass is 544 g/mol. The lowest BCUT2D eigenvalue weighted by Gasteiger charge is -2.36. The Morgan fingerprint density at radius 1 is 1.02 bits per heavy atom. The quantitative estimate of drug-likeness (QED) is 0.320. The zero-order valence-electron chi connectivity index (χ0n) is 24.5. The van der Waals surface area contributed by atoms with Crippen molar-refractivity contribution in [2.75, 3.05) is 11.9 Å². The molecule has 0 aliphatic heterocycles. The van der Waals surface area contributed by atoms with E-state index in [2.05, 4.69) is 36.4 Å². The van der Waals surface area contributed by atoms with Crippen LogP contribution in [0.4, 0.5) is 5.69 Å². The molecule has 0 bridgehead atoms. The summed E-state index contributed by atoms with van der Waals surface area (Å²) >= 11 is 0. The Balaban J connectivity index is 1.92. The Labute approximate surface area is 237 Å². The molecular weight excluding hydrogens is 500 g/mol. The van der Waals surface area contributed by atoms with Crippen molar-refractivity contribution in [2.45, 2.75) is 96.2 Å². The summed E-state index contributed by atoms with van der Waals surface area (Å²) in [6, 6.07) is 15.4. The molecule has 1 saturated carbocycles. The van der Waals surface area contributed by atoms with Crippen LogP contribution in [0.5, 0.6) is 0 Å². The number of aromatic nitrogens is 1. The third-order valence-electron chi connectivity index (χ3n) is 8.01. The first-order valence-electron chi connectivity index (χ1n) is 14.7. The van der Waals surface area contributed by atoms with E-state index in [1.807, 2.05) is 55.5 Å². The number of H-pyrrole nitrogens is 1. The van der Waals surface area contributed by atoms with Gasteiger partial charge in [0.15, 0.2) is 0 Å². The second-order valence-corrected chi connectivity index (χ2v) is 12.0. The van der Waals surface area contributed by atoms with Gasteiger partial charge in [-0.25, -0.2) is 0 Å². The van der Waals surface area contributed by atoms with Crippen LogP contribution in [0.1, 0.15) is 89.8 Å². The summed E-state index contributed by atoms with van der Waals surface area (Å²) < 4.78 is 0. The molecule has 0 spiro atoms. The molecule has 3 aromatic rings. The van der Waals surface area contributed by atoms with Gasteiger partial charge in [0, 0.05) is 28.7 Å². The molecule has 2 unspecified atom stereocenters. The van der Waals surface area contributed by atoms with Crippen molar-refractivity contribution in [3.63, 3.8) is 0 Å². The predicted molar refractivity (Wildman–Crippen MR) is 163 cm³/mol. The van der Waals surface area contributed by atoms with E-state index in [9.17, 15) is 14.4 Å². The number of nitrogens with zero attached hydrogens (tertiary/aromatic N) is 1. The summed E-state index contributed by atoms with van der Waals surface area (Å²) in [5.41, 5.74) is 2.54. The summed E-state index contributed by atoms with van der Waals surface area (Å²) in [5.74, 6) is -0.455. The van der Waals surface area contributed by atoms with Crippen LogP contribution >= 0.6 is 0 Å². The highest BCUT2D eigenvalue weighted by atomic mass is 16.2. The Kier molecular flexibility index (Phi) is 9.46. The van der Waals surface area contributed by atoms with E-state index in [1.165, 1.54) is 12.5 Å². The Morgan fingerprint density at radius 3 is 2.33 bits per heavy atom. The van der Waals surface area contributed by atoms with Crippen molar-refractivity contribution < 1.29 is 9.59 Å². The van der Waals surface area contributed by atoms with Crippen LogP contribution in [0, 0.1) is 0 Å². The van der Waals surface area contributed by atoms with E-state index in [0.717, 1.165) is 43.1 Å². The van der Waals surface area contributed by atoms with Crippen LogP contribution in [0.3, 0.4) is 0 Å². The van der Waals surface area contributed by atoms with Crippen molar-refractivity contribution in [3.8, 4) is 0 Å². The summed E-state index contributed by atoms with van der Waals surface area (Å²) in [4.78, 5) is 46.1. The van der Waals surface area contributed by atoms with Crippen LogP contribution in [0.2, 0.25) is 0 Å². The van der Waals surface area contributed by atoms with Gasteiger partial charge >= 0.3 is 0 Å². The number of rotatable bonds is 9. The minimum absolute atomic E-state index is 0.0490. The highest BCUT2D eigenvalue weighted by Gasteiger charge is 2.37. The number of anilines is 1. The van der Waals surface area contributed by atoms with Gasteiger partial charge < -0.3 is 15.6 Å². The molecule has 0 saturated heterocycles. The molecule has 2 aromatic carbocycles. The fraction of sp³-hybridized carbons (Fsp3) is 0.485. The first-order chi connectivity index (χ1) is 19.1. The fourth-order valence-electron chi connectivity index (χ4n) is 5.76. The summed E-state index contributed by atoms with van der Waals surface area (Å²) in [7, 11) is 1.78. The molecule has 1 heterocycles. The van der Waals surface area contributed by atoms with Gasteiger partial charge in [-0.05, 0) is 61.1 Å². The zero-order valence-corrected chi connectivity index (χ0v) is 24.5. The number of amides is 2. The molecule has 7 nitrogen and oxygen atoms in total. The van der Waals surface area contributed by atoms with Gasteiger partial charge in [0.1, 0.15) is 6.04 Å². The second-order valence-electron chi connectivity index (χ2n) is 12.0. The van der Waals surface area contributed by atoms with Gasteiger partial charge in [0.25, 0.3) is 0 Å². The first kappa shape index (κ1) is 29.5. The number of nitrogens with one attached hydrogen (secondary N) is 3. The lowest BCUT2D eigenvalue weighted by atomic mass is 9.87. The minimum atomic E-state index is -1.02. The van der Waals surface area contributed by atoms with E-state index >= 15 is 0 Å². The maximum Gasteiger partial charge on any atom is 0.248 e. The molecule has 1 aliphatic rings. The number of likely N-dealkylation sites (N-methyl/N-ethyl adjacent to an activating group) is 1. The molecular formula is C33H44N4O3. The number of para-hydroxylation sites is 1. The maximum absolute atomic E-state index is 14.4. The normalized spacial score (nSPS) is 15.9. The maximum atomic E-state index is 14.4. The van der Waals surface area contributed by atoms with E-state index in [4.69, 9.17) is 0 Å². The molecule has 7 heteroatoms. The second kappa shape index (κ2) is 12.8. The third kappa shape index (κ3) is 6.64. The number of hydrogen-bond donors (Lipinski definition) is 3. The lowest BCUT2D eigenvalue weighted by Crippen LogP contribution is -2.52. The van der Waals surface area contributed by atoms with Gasteiger partial charge in [-0.2, -0.15) is 0 Å². The molecule has 2 atom stereocenters. The Morgan fingerprint density at radius 2 is 1.70 bits per heavy atom. The third-order valence-corrected chi connectivity index (χ3v) is 8.01. The number of benzene rings is 2. The summed E-state index contributed by atoms with van der Waals surface area (Å²) in [6.45, 7) is 8.47. The molecule has 40 heavy (non-hydrogen) atoms. The highest BCUT2D eigenvalue weighted by molar-refractivity contribution is 6.05. The molecule has 0 radical (unpaired) electrons. The van der Waals surface area contributed by atoms with Crippen LogP contribution in [-0.2, 0) is 15.0 Å². The van der Waals surface area contributed by atoms with Gasteiger partial charge in [0.2, 0.25) is 17.4 Å². The van der Waals surface area contributed by atoms with Crippen molar-refractivity contribution in [1.82, 2.24) is 15.6 Å². The highest BCUT2D eigenvalue weighted by Crippen LogP contribution is 2.34. The molecule has 1 aromatic heterocycles. The Hall–Kier alpha value is -3.45. The predicted octanol–water partition coefficient (Wildman–Crippen LogP) is 5.74. The largest absolute Gasteiger partial charge is 0.351 e. The van der Waals surface area contributed by atoms with Crippen LogP contribution in [0.15, 0.2) is 59.4 Å². The van der Waals surface area contributed by atoms with Crippen LogP contribution < -0.4 is 21.1 Å². The number of aromatic amines is 1. The Bertz CT molecular complexity index is 1370. The van der Waals surface area contributed by atoms with Crippen molar-refractivity contribution in [1.29, 1.82) is 0 Å². The fourth-order valence-corrected chi connectivity index (χ4v) is 5.76. The van der Waals surface area contributed by atoms with Gasteiger partial charge in [-0.3, -0.25) is 19.3 Å². The number of carbonyl (C=O) groups excluding carboxylic acids is 2. The van der Waals surface area contributed by atoms with Gasteiger partial charge in [0.05, 0.1) is 6.04 Å². The molecule has 3 N–H and O–H groups in total. The first-order valence-corrected chi connectivity index (χ1v) is 14.7. The molecule has 4 rings (SSSR count). The zero-order chi connectivity index (χ0) is 28.9. The number of fused-ring (bicyclic) bond motifs is 1. The average Bonchev–Trinajstić information content (AvgIpc) is 2.94. The number of pyridine rings is 1. The molecule has 1 aliphatic carbocycles. The van der Waals surface area contributed by atoms with Crippen LogP contribution in [-0.4, -0.2) is 35.9 Å². The van der Waals surface area contributed by atoms with E-state index in [-0.39, 0.29) is 28.8 Å². The minimum Gasteiger partial charge on any atom is -0.351 e.